The summed E-state index contributed by atoms with van der Waals surface area (Å²) in [6.07, 6.45) is 3.21. The standard InChI is InChI=1S/C16H16N4O/c1-19-14(21)8-13-9-17-16(18-15(13)19)20-7-6-11-4-2-3-5-12(11)10-20/h2-5,9H,6-8,10H2,1H3. The van der Waals surface area contributed by atoms with Gasteiger partial charge < -0.3 is 4.90 Å². The summed E-state index contributed by atoms with van der Waals surface area (Å²) in [6, 6.07) is 8.49. The average molecular weight is 280 g/mol. The van der Waals surface area contributed by atoms with E-state index in [1.54, 1.807) is 18.1 Å². The maximum atomic E-state index is 11.7. The average Bonchev–Trinajstić information content (AvgIpc) is 2.81. The van der Waals surface area contributed by atoms with Gasteiger partial charge >= 0.3 is 0 Å². The molecule has 0 N–H and O–H groups in total. The number of fused-ring (bicyclic) bond motifs is 2. The van der Waals surface area contributed by atoms with Gasteiger partial charge in [0, 0.05) is 31.9 Å². The van der Waals surface area contributed by atoms with E-state index in [0.29, 0.717) is 12.4 Å². The number of nitrogens with zero attached hydrogens (tertiary/aromatic N) is 4. The Hall–Kier alpha value is -2.43. The number of carbonyl (C=O) groups is 1. The van der Waals surface area contributed by atoms with Crippen LogP contribution in [-0.4, -0.2) is 29.5 Å². The highest BCUT2D eigenvalue weighted by molar-refractivity contribution is 5.99. The lowest BCUT2D eigenvalue weighted by atomic mass is 10.0. The van der Waals surface area contributed by atoms with Crippen molar-refractivity contribution in [1.82, 2.24) is 9.97 Å². The van der Waals surface area contributed by atoms with Crippen LogP contribution in [0.15, 0.2) is 30.5 Å². The number of aromatic nitrogens is 2. The minimum absolute atomic E-state index is 0.0837. The molecule has 0 spiro atoms. The smallest absolute Gasteiger partial charge is 0.232 e. The van der Waals surface area contributed by atoms with Gasteiger partial charge in [-0.15, -0.1) is 0 Å². The lowest BCUT2D eigenvalue weighted by molar-refractivity contribution is -0.117. The summed E-state index contributed by atoms with van der Waals surface area (Å²) >= 11 is 0. The van der Waals surface area contributed by atoms with Gasteiger partial charge in [0.2, 0.25) is 11.9 Å². The number of carbonyl (C=O) groups excluding carboxylic acids is 1. The van der Waals surface area contributed by atoms with Crippen LogP contribution in [0.2, 0.25) is 0 Å². The van der Waals surface area contributed by atoms with Gasteiger partial charge in [-0.3, -0.25) is 9.69 Å². The summed E-state index contributed by atoms with van der Waals surface area (Å²) in [7, 11) is 1.77. The number of rotatable bonds is 1. The molecule has 4 rings (SSSR count). The second-order valence-corrected chi connectivity index (χ2v) is 5.59. The van der Waals surface area contributed by atoms with Crippen molar-refractivity contribution in [2.75, 3.05) is 23.4 Å². The van der Waals surface area contributed by atoms with Gasteiger partial charge in [-0.1, -0.05) is 24.3 Å². The zero-order valence-electron chi connectivity index (χ0n) is 11.9. The first-order valence-electron chi connectivity index (χ1n) is 7.16. The van der Waals surface area contributed by atoms with Crippen LogP contribution in [0.1, 0.15) is 16.7 Å². The van der Waals surface area contributed by atoms with E-state index in [2.05, 4.69) is 39.1 Å². The Morgan fingerprint density at radius 3 is 2.81 bits per heavy atom. The molecule has 2 aromatic rings. The Labute approximate surface area is 123 Å². The van der Waals surface area contributed by atoms with Crippen molar-refractivity contribution < 1.29 is 4.79 Å². The van der Waals surface area contributed by atoms with Gasteiger partial charge in [-0.2, -0.15) is 4.98 Å². The molecule has 0 aliphatic carbocycles. The molecule has 0 bridgehead atoms. The van der Waals surface area contributed by atoms with Gasteiger partial charge in [0.05, 0.1) is 6.42 Å². The van der Waals surface area contributed by atoms with Gasteiger partial charge in [0.15, 0.2) is 0 Å². The van der Waals surface area contributed by atoms with Crippen molar-refractivity contribution in [3.63, 3.8) is 0 Å². The third-order valence-electron chi connectivity index (χ3n) is 4.28. The predicted molar refractivity (Wildman–Crippen MR) is 80.3 cm³/mol. The van der Waals surface area contributed by atoms with Gasteiger partial charge in [-0.25, -0.2) is 4.98 Å². The van der Waals surface area contributed by atoms with Crippen LogP contribution in [0.4, 0.5) is 11.8 Å². The molecule has 5 heteroatoms. The first-order chi connectivity index (χ1) is 10.2. The Morgan fingerprint density at radius 1 is 1.14 bits per heavy atom. The summed E-state index contributed by atoms with van der Waals surface area (Å²) in [5.41, 5.74) is 3.66. The van der Waals surface area contributed by atoms with Gasteiger partial charge in [-0.05, 0) is 17.5 Å². The second-order valence-electron chi connectivity index (χ2n) is 5.59. The number of amides is 1. The van der Waals surface area contributed by atoms with Crippen LogP contribution in [0.3, 0.4) is 0 Å². The summed E-state index contributed by atoms with van der Waals surface area (Å²) in [6.45, 7) is 1.74. The van der Waals surface area contributed by atoms with Crippen molar-refractivity contribution in [1.29, 1.82) is 0 Å². The van der Waals surface area contributed by atoms with Crippen LogP contribution in [0, 0.1) is 0 Å². The Balaban J connectivity index is 1.66. The molecular formula is C16H16N4O. The van der Waals surface area contributed by atoms with Crippen LogP contribution in [0.25, 0.3) is 0 Å². The van der Waals surface area contributed by atoms with Crippen LogP contribution < -0.4 is 9.80 Å². The first kappa shape index (κ1) is 12.3. The van der Waals surface area contributed by atoms with Gasteiger partial charge in [0.1, 0.15) is 5.82 Å². The van der Waals surface area contributed by atoms with Crippen LogP contribution in [-0.2, 0) is 24.2 Å². The van der Waals surface area contributed by atoms with E-state index in [9.17, 15) is 4.79 Å². The summed E-state index contributed by atoms with van der Waals surface area (Å²) < 4.78 is 0. The topological polar surface area (TPSA) is 49.3 Å². The SMILES string of the molecule is CN1C(=O)Cc2cnc(N3CCc4ccccc4C3)nc21. The molecule has 0 saturated heterocycles. The molecule has 5 nitrogen and oxygen atoms in total. The molecule has 1 aromatic heterocycles. The molecule has 0 radical (unpaired) electrons. The number of benzene rings is 1. The zero-order chi connectivity index (χ0) is 14.4. The third-order valence-corrected chi connectivity index (χ3v) is 4.28. The highest BCUT2D eigenvalue weighted by atomic mass is 16.2. The maximum absolute atomic E-state index is 11.7. The molecule has 0 fully saturated rings. The molecule has 3 heterocycles. The number of hydrogen-bond acceptors (Lipinski definition) is 4. The fourth-order valence-electron chi connectivity index (χ4n) is 3.02. The molecular weight excluding hydrogens is 264 g/mol. The largest absolute Gasteiger partial charge is 0.336 e. The second kappa shape index (κ2) is 4.55. The predicted octanol–water partition coefficient (Wildman–Crippen LogP) is 1.56. The molecule has 2 aliphatic heterocycles. The van der Waals surface area contributed by atoms with Crippen LogP contribution in [0.5, 0.6) is 0 Å². The minimum Gasteiger partial charge on any atom is -0.336 e. The third kappa shape index (κ3) is 1.96. The fourth-order valence-corrected chi connectivity index (χ4v) is 3.02. The lowest BCUT2D eigenvalue weighted by Gasteiger charge is -2.29. The van der Waals surface area contributed by atoms with E-state index in [1.807, 2.05) is 0 Å². The van der Waals surface area contributed by atoms with E-state index in [0.717, 1.165) is 30.9 Å². The first-order valence-corrected chi connectivity index (χ1v) is 7.16. The molecule has 2 aliphatic rings. The van der Waals surface area contributed by atoms with E-state index < -0.39 is 0 Å². The molecule has 1 aromatic carbocycles. The minimum atomic E-state index is 0.0837. The molecule has 21 heavy (non-hydrogen) atoms. The molecule has 0 atom stereocenters. The summed E-state index contributed by atoms with van der Waals surface area (Å²) in [5, 5.41) is 0. The summed E-state index contributed by atoms with van der Waals surface area (Å²) in [4.78, 5) is 24.6. The number of likely N-dealkylation sites (N-methyl/N-ethyl adjacent to an activating group) is 1. The molecule has 1 amide bonds. The molecule has 0 unspecified atom stereocenters. The van der Waals surface area contributed by atoms with E-state index >= 15 is 0 Å². The fraction of sp³-hybridized carbons (Fsp3) is 0.312. The van der Waals surface area contributed by atoms with Crippen molar-refractivity contribution in [2.24, 2.45) is 0 Å². The molecule has 0 saturated carbocycles. The highest BCUT2D eigenvalue weighted by Gasteiger charge is 2.27. The lowest BCUT2D eigenvalue weighted by Crippen LogP contribution is -2.32. The van der Waals surface area contributed by atoms with Crippen molar-refractivity contribution >= 4 is 17.7 Å². The zero-order valence-corrected chi connectivity index (χ0v) is 11.9. The van der Waals surface area contributed by atoms with Crippen molar-refractivity contribution in [3.8, 4) is 0 Å². The Kier molecular flexibility index (Phi) is 2.67. The Morgan fingerprint density at radius 2 is 1.95 bits per heavy atom. The monoisotopic (exact) mass is 280 g/mol. The number of hydrogen-bond donors (Lipinski definition) is 0. The van der Waals surface area contributed by atoms with E-state index in [-0.39, 0.29) is 5.91 Å². The maximum Gasteiger partial charge on any atom is 0.232 e. The van der Waals surface area contributed by atoms with E-state index in [4.69, 9.17) is 0 Å². The van der Waals surface area contributed by atoms with E-state index in [1.165, 1.54) is 11.1 Å². The van der Waals surface area contributed by atoms with Gasteiger partial charge in [0.25, 0.3) is 0 Å². The molecule has 106 valence electrons. The Bertz CT molecular complexity index is 728. The van der Waals surface area contributed by atoms with Crippen LogP contribution >= 0.6 is 0 Å². The normalized spacial score (nSPS) is 16.9. The van der Waals surface area contributed by atoms with Crippen molar-refractivity contribution in [3.05, 3.63) is 47.2 Å². The number of anilines is 2. The quantitative estimate of drug-likeness (QED) is 0.795. The summed E-state index contributed by atoms with van der Waals surface area (Å²) in [5.74, 6) is 1.55. The highest BCUT2D eigenvalue weighted by Crippen LogP contribution is 2.28. The van der Waals surface area contributed by atoms with Crippen molar-refractivity contribution in [2.45, 2.75) is 19.4 Å².